The second-order valence-corrected chi connectivity index (χ2v) is 8.24. The first-order chi connectivity index (χ1) is 16.9. The minimum atomic E-state index is -0.0149. The average molecular weight is 572 g/mol. The molecule has 0 atom stereocenters. The monoisotopic (exact) mass is 571 g/mol. The van der Waals surface area contributed by atoms with E-state index >= 15 is 0 Å². The molecule has 0 fully saturated rings. The zero-order chi connectivity index (χ0) is 25.8. The molecule has 2 rings (SSSR count). The van der Waals surface area contributed by atoms with Crippen LogP contribution in [0.25, 0.3) is 0 Å². The molecule has 1 radical (unpaired) electrons. The third kappa shape index (κ3) is 8.78. The van der Waals surface area contributed by atoms with Crippen molar-refractivity contribution in [3.8, 4) is 0 Å². The van der Waals surface area contributed by atoms with Crippen molar-refractivity contribution in [1.82, 2.24) is 9.80 Å². The predicted molar refractivity (Wildman–Crippen MR) is 151 cm³/mol. The SMILES string of the molecule is CCN(CC)/C([S-])=N/N=C(/C(=N/N=C(\[S-])N(CC)CC)c1ccc(C(C)=O)cc1)c1ccccc1.[Cu+2]. The number of rotatable bonds is 10. The van der Waals surface area contributed by atoms with Gasteiger partial charge in [0, 0.05) is 53.2 Å². The van der Waals surface area contributed by atoms with Crippen LogP contribution < -0.4 is 0 Å². The van der Waals surface area contributed by atoms with Crippen molar-refractivity contribution in [3.05, 3.63) is 71.3 Å². The molecule has 195 valence electrons. The van der Waals surface area contributed by atoms with Crippen molar-refractivity contribution in [2.24, 2.45) is 20.4 Å². The normalized spacial score (nSPS) is 12.7. The fourth-order valence-electron chi connectivity index (χ4n) is 3.24. The second kappa shape index (κ2) is 16.2. The van der Waals surface area contributed by atoms with E-state index in [1.165, 1.54) is 6.92 Å². The number of hydrogen-bond donors (Lipinski definition) is 0. The molecular formula is C26H32CuN6OS2. The second-order valence-electron chi connectivity index (χ2n) is 7.51. The van der Waals surface area contributed by atoms with Gasteiger partial charge in [-0.25, -0.2) is 0 Å². The molecule has 0 unspecified atom stereocenters. The third-order valence-corrected chi connectivity index (χ3v) is 6.06. The zero-order valence-corrected chi connectivity index (χ0v) is 23.8. The Morgan fingerprint density at radius 3 is 1.36 bits per heavy atom. The van der Waals surface area contributed by atoms with Gasteiger partial charge in [0.25, 0.3) is 0 Å². The number of Topliss-reactive ketones (excluding diaryl/α,β-unsaturated/α-hetero) is 1. The number of hydrogen-bond acceptors (Lipinski definition) is 7. The minimum absolute atomic E-state index is 0. The summed E-state index contributed by atoms with van der Waals surface area (Å²) in [5.41, 5.74) is 3.12. The van der Waals surface area contributed by atoms with Crippen LogP contribution >= 0.6 is 0 Å². The van der Waals surface area contributed by atoms with Crippen LogP contribution in [0.5, 0.6) is 0 Å². The van der Waals surface area contributed by atoms with E-state index in [1.54, 1.807) is 12.1 Å². The summed E-state index contributed by atoms with van der Waals surface area (Å²) in [7, 11) is 0. The Labute approximate surface area is 236 Å². The van der Waals surface area contributed by atoms with Gasteiger partial charge >= 0.3 is 17.1 Å². The van der Waals surface area contributed by atoms with E-state index in [0.29, 0.717) is 27.3 Å². The summed E-state index contributed by atoms with van der Waals surface area (Å²) in [5, 5.41) is 18.6. The van der Waals surface area contributed by atoms with Crippen LogP contribution in [0.15, 0.2) is 75.0 Å². The molecule has 0 spiro atoms. The fraction of sp³-hybridized carbons (Fsp3) is 0.346. The maximum atomic E-state index is 11.8. The summed E-state index contributed by atoms with van der Waals surface area (Å²) in [4.78, 5) is 15.7. The fourth-order valence-corrected chi connectivity index (χ4v) is 3.84. The van der Waals surface area contributed by atoms with Crippen LogP contribution in [0.3, 0.4) is 0 Å². The molecule has 0 aliphatic carbocycles. The topological polar surface area (TPSA) is 73.0 Å². The summed E-state index contributed by atoms with van der Waals surface area (Å²) in [6.07, 6.45) is 0. The largest absolute Gasteiger partial charge is 2.00 e. The van der Waals surface area contributed by atoms with Crippen LogP contribution in [-0.2, 0) is 42.3 Å². The number of nitrogens with zero attached hydrogens (tertiary/aromatic N) is 6. The molecule has 0 aliphatic heterocycles. The van der Waals surface area contributed by atoms with Gasteiger partial charge in [-0.1, -0.05) is 54.6 Å². The Morgan fingerprint density at radius 1 is 0.639 bits per heavy atom. The first-order valence-electron chi connectivity index (χ1n) is 11.7. The van der Waals surface area contributed by atoms with E-state index in [0.717, 1.165) is 37.3 Å². The smallest absolute Gasteiger partial charge is 0.741 e. The van der Waals surface area contributed by atoms with E-state index in [2.05, 4.69) is 20.4 Å². The van der Waals surface area contributed by atoms with E-state index in [1.807, 2.05) is 80.0 Å². The maximum absolute atomic E-state index is 11.8. The molecule has 2 aromatic carbocycles. The Kier molecular flexibility index (Phi) is 14.1. The van der Waals surface area contributed by atoms with Crippen molar-refractivity contribution >= 4 is 52.8 Å². The molecule has 0 saturated heterocycles. The Hall–Kier alpha value is -2.65. The summed E-state index contributed by atoms with van der Waals surface area (Å²) in [5.74, 6) is -0.0149. The van der Waals surface area contributed by atoms with Crippen molar-refractivity contribution < 1.29 is 21.9 Å². The van der Waals surface area contributed by atoms with Crippen LogP contribution in [-0.4, -0.2) is 63.5 Å². The van der Waals surface area contributed by atoms with Crippen LogP contribution in [0.1, 0.15) is 56.1 Å². The molecule has 0 amide bonds. The number of benzene rings is 2. The van der Waals surface area contributed by atoms with Gasteiger partial charge in [-0.2, -0.15) is 10.2 Å². The molecule has 10 heteroatoms. The molecule has 0 saturated carbocycles. The van der Waals surface area contributed by atoms with Gasteiger partial charge in [0.05, 0.1) is 0 Å². The van der Waals surface area contributed by atoms with Crippen LogP contribution in [0.4, 0.5) is 0 Å². The Balaban J connectivity index is 0.00000648. The quantitative estimate of drug-likeness (QED) is 0.105. The van der Waals surface area contributed by atoms with E-state index in [-0.39, 0.29) is 22.9 Å². The maximum Gasteiger partial charge on any atom is 2.00 e. The number of ketones is 1. The molecule has 0 N–H and O–H groups in total. The van der Waals surface area contributed by atoms with Gasteiger partial charge in [-0.15, -0.1) is 10.2 Å². The molecule has 0 aliphatic rings. The average Bonchev–Trinajstić information content (AvgIpc) is 2.88. The summed E-state index contributed by atoms with van der Waals surface area (Å²) in [6, 6.07) is 16.8. The third-order valence-electron chi connectivity index (χ3n) is 5.38. The van der Waals surface area contributed by atoms with E-state index in [9.17, 15) is 4.79 Å². The van der Waals surface area contributed by atoms with Gasteiger partial charge < -0.3 is 35.1 Å². The molecule has 0 heterocycles. The van der Waals surface area contributed by atoms with Crippen molar-refractivity contribution in [2.75, 3.05) is 26.2 Å². The summed E-state index contributed by atoms with van der Waals surface area (Å²) >= 11 is 11.0. The zero-order valence-electron chi connectivity index (χ0n) is 21.2. The van der Waals surface area contributed by atoms with Gasteiger partial charge in [0.2, 0.25) is 0 Å². The number of carbonyl (C=O) groups is 1. The number of carbonyl (C=O) groups excluding carboxylic acids is 1. The first-order valence-corrected chi connectivity index (χ1v) is 12.5. The first kappa shape index (κ1) is 31.4. The van der Waals surface area contributed by atoms with Crippen LogP contribution in [0.2, 0.25) is 0 Å². The summed E-state index contributed by atoms with van der Waals surface area (Å²) < 4.78 is 0. The van der Waals surface area contributed by atoms with Crippen molar-refractivity contribution in [1.29, 1.82) is 0 Å². The Bertz CT molecular complexity index is 1090. The molecule has 7 nitrogen and oxygen atoms in total. The van der Waals surface area contributed by atoms with Gasteiger partial charge in [0.15, 0.2) is 5.78 Å². The minimum Gasteiger partial charge on any atom is -0.741 e. The number of amidine groups is 2. The van der Waals surface area contributed by atoms with Gasteiger partial charge in [-0.3, -0.25) is 4.79 Å². The molecular weight excluding hydrogens is 540 g/mol. The van der Waals surface area contributed by atoms with Gasteiger partial charge in [-0.05, 0) is 34.6 Å². The standard InChI is InChI=1S/C26H34N6OS2.Cu/c1-6-31(7-2)25(34)29-27-23(21-13-11-10-12-14-21)24(28-30-26(35)32(8-3)9-4)22-17-15-20(16-18-22)19(5)33;/h10-18H,6-9H2,1-5H3,(H,29,34)(H,30,35);/q;+2/p-2/b27-23+,28-24+;. The predicted octanol–water partition coefficient (Wildman–Crippen LogP) is 4.48. The molecule has 0 aromatic heterocycles. The van der Waals surface area contributed by atoms with Gasteiger partial charge in [0.1, 0.15) is 11.4 Å². The van der Waals surface area contributed by atoms with E-state index < -0.39 is 0 Å². The molecule has 36 heavy (non-hydrogen) atoms. The van der Waals surface area contributed by atoms with Crippen LogP contribution in [0, 0.1) is 0 Å². The van der Waals surface area contributed by atoms with E-state index in [4.69, 9.17) is 25.3 Å². The van der Waals surface area contributed by atoms with Crippen molar-refractivity contribution in [2.45, 2.75) is 34.6 Å². The Morgan fingerprint density at radius 2 is 1.00 bits per heavy atom. The molecule has 0 bridgehead atoms. The molecule has 2 aromatic rings. The van der Waals surface area contributed by atoms with Crippen molar-refractivity contribution in [3.63, 3.8) is 0 Å². The summed E-state index contributed by atoms with van der Waals surface area (Å²) in [6.45, 7) is 12.5.